The SMILES string of the molecule is CSc1cccc(SCc2ccccc2)c1C(=N)N. The number of nitrogen functional groups attached to an aromatic ring is 1. The van der Waals surface area contributed by atoms with E-state index >= 15 is 0 Å². The van der Waals surface area contributed by atoms with Crippen LogP contribution < -0.4 is 5.73 Å². The Kier molecular flexibility index (Phi) is 4.93. The maximum Gasteiger partial charge on any atom is 0.125 e. The molecule has 4 heteroatoms. The summed E-state index contributed by atoms with van der Waals surface area (Å²) in [5.41, 5.74) is 7.85. The highest BCUT2D eigenvalue weighted by molar-refractivity contribution is 7.99. The Bertz CT molecular complexity index is 568. The van der Waals surface area contributed by atoms with Crippen molar-refractivity contribution in [1.82, 2.24) is 0 Å². The Labute approximate surface area is 122 Å². The Morgan fingerprint density at radius 1 is 1.05 bits per heavy atom. The Morgan fingerprint density at radius 2 is 1.74 bits per heavy atom. The molecule has 0 unspecified atom stereocenters. The molecule has 0 amide bonds. The zero-order valence-corrected chi connectivity index (χ0v) is 12.4. The van der Waals surface area contributed by atoms with Crippen molar-refractivity contribution in [1.29, 1.82) is 5.41 Å². The number of benzene rings is 2. The molecule has 3 N–H and O–H groups in total. The number of nitrogens with one attached hydrogen (secondary N) is 1. The molecular weight excluding hydrogens is 272 g/mol. The fraction of sp³-hybridized carbons (Fsp3) is 0.133. The van der Waals surface area contributed by atoms with Crippen LogP contribution in [-0.2, 0) is 5.75 Å². The van der Waals surface area contributed by atoms with Crippen molar-refractivity contribution in [2.75, 3.05) is 6.26 Å². The van der Waals surface area contributed by atoms with Gasteiger partial charge < -0.3 is 5.73 Å². The van der Waals surface area contributed by atoms with Gasteiger partial charge in [-0.15, -0.1) is 23.5 Å². The molecule has 2 aromatic carbocycles. The van der Waals surface area contributed by atoms with E-state index in [0.29, 0.717) is 0 Å². The third-order valence-electron chi connectivity index (χ3n) is 2.71. The predicted octanol–water partition coefficient (Wildman–Crippen LogP) is 3.98. The Balaban J connectivity index is 2.23. The van der Waals surface area contributed by atoms with Crippen LogP contribution in [0.2, 0.25) is 0 Å². The molecule has 0 aliphatic rings. The fourth-order valence-corrected chi connectivity index (χ4v) is 3.56. The van der Waals surface area contributed by atoms with Crippen molar-refractivity contribution < 1.29 is 0 Å². The van der Waals surface area contributed by atoms with Gasteiger partial charge in [0, 0.05) is 21.1 Å². The fourth-order valence-electron chi connectivity index (χ4n) is 1.80. The molecule has 0 heterocycles. The Hall–Kier alpha value is -1.39. The summed E-state index contributed by atoms with van der Waals surface area (Å²) in [5, 5.41) is 7.75. The van der Waals surface area contributed by atoms with Crippen LogP contribution >= 0.6 is 23.5 Å². The monoisotopic (exact) mass is 288 g/mol. The van der Waals surface area contributed by atoms with Crippen molar-refractivity contribution in [3.05, 3.63) is 59.7 Å². The minimum absolute atomic E-state index is 0.139. The van der Waals surface area contributed by atoms with Crippen LogP contribution in [0.1, 0.15) is 11.1 Å². The number of amidine groups is 1. The van der Waals surface area contributed by atoms with Gasteiger partial charge in [-0.25, -0.2) is 0 Å². The van der Waals surface area contributed by atoms with Crippen molar-refractivity contribution in [3.63, 3.8) is 0 Å². The summed E-state index contributed by atoms with van der Waals surface area (Å²) in [4.78, 5) is 2.13. The van der Waals surface area contributed by atoms with Gasteiger partial charge in [0.2, 0.25) is 0 Å². The van der Waals surface area contributed by atoms with E-state index in [4.69, 9.17) is 11.1 Å². The zero-order chi connectivity index (χ0) is 13.7. The first-order valence-electron chi connectivity index (χ1n) is 5.90. The average Bonchev–Trinajstić information content (AvgIpc) is 2.45. The minimum atomic E-state index is 0.139. The van der Waals surface area contributed by atoms with Crippen LogP contribution in [0.25, 0.3) is 0 Å². The lowest BCUT2D eigenvalue weighted by Gasteiger charge is -2.11. The van der Waals surface area contributed by atoms with Gasteiger partial charge in [0.05, 0.1) is 0 Å². The van der Waals surface area contributed by atoms with Crippen LogP contribution in [0, 0.1) is 5.41 Å². The zero-order valence-electron chi connectivity index (χ0n) is 10.7. The first kappa shape index (κ1) is 14.0. The third kappa shape index (κ3) is 3.55. The van der Waals surface area contributed by atoms with Crippen LogP contribution in [0.4, 0.5) is 0 Å². The van der Waals surface area contributed by atoms with E-state index in [2.05, 4.69) is 12.1 Å². The number of nitrogens with two attached hydrogens (primary N) is 1. The van der Waals surface area contributed by atoms with Crippen molar-refractivity contribution in [2.45, 2.75) is 15.5 Å². The maximum absolute atomic E-state index is 7.75. The van der Waals surface area contributed by atoms with Gasteiger partial charge >= 0.3 is 0 Å². The third-order valence-corrected chi connectivity index (χ3v) is 4.62. The molecule has 2 rings (SSSR count). The molecule has 0 saturated carbocycles. The van der Waals surface area contributed by atoms with E-state index in [-0.39, 0.29) is 5.84 Å². The standard InChI is InChI=1S/C15H16N2S2/c1-18-12-8-5-9-13(14(12)15(16)17)19-10-11-6-3-2-4-7-11/h2-9H,10H2,1H3,(H3,16,17). The van der Waals surface area contributed by atoms with Gasteiger partial charge in [-0.05, 0) is 24.0 Å². The summed E-state index contributed by atoms with van der Waals surface area (Å²) in [5.74, 6) is 1.03. The minimum Gasteiger partial charge on any atom is -0.384 e. The van der Waals surface area contributed by atoms with Gasteiger partial charge in [0.15, 0.2) is 0 Å². The van der Waals surface area contributed by atoms with Gasteiger partial charge in [0.25, 0.3) is 0 Å². The lowest BCUT2D eigenvalue weighted by atomic mass is 10.2. The summed E-state index contributed by atoms with van der Waals surface area (Å²) >= 11 is 3.35. The highest BCUT2D eigenvalue weighted by atomic mass is 32.2. The molecule has 0 saturated heterocycles. The second-order valence-electron chi connectivity index (χ2n) is 4.02. The van der Waals surface area contributed by atoms with E-state index in [1.807, 2.05) is 42.7 Å². The molecule has 0 aliphatic carbocycles. The van der Waals surface area contributed by atoms with E-state index in [9.17, 15) is 0 Å². The number of hydrogen-bond donors (Lipinski definition) is 2. The number of rotatable bonds is 5. The largest absolute Gasteiger partial charge is 0.384 e. The highest BCUT2D eigenvalue weighted by Crippen LogP contribution is 2.31. The van der Waals surface area contributed by atoms with Crippen molar-refractivity contribution in [3.8, 4) is 0 Å². The first-order chi connectivity index (χ1) is 9.22. The van der Waals surface area contributed by atoms with Crippen molar-refractivity contribution in [2.24, 2.45) is 5.73 Å². The molecule has 2 aromatic rings. The quantitative estimate of drug-likeness (QED) is 0.497. The molecule has 0 atom stereocenters. The predicted molar refractivity (Wildman–Crippen MR) is 85.2 cm³/mol. The summed E-state index contributed by atoms with van der Waals surface area (Å²) in [7, 11) is 0. The van der Waals surface area contributed by atoms with E-state index in [1.165, 1.54) is 5.56 Å². The molecular formula is C15H16N2S2. The molecule has 0 aliphatic heterocycles. The number of hydrogen-bond acceptors (Lipinski definition) is 3. The summed E-state index contributed by atoms with van der Waals surface area (Å²) in [6.07, 6.45) is 2.01. The molecule has 0 aromatic heterocycles. The van der Waals surface area contributed by atoms with E-state index < -0.39 is 0 Å². The average molecular weight is 288 g/mol. The summed E-state index contributed by atoms with van der Waals surface area (Å²) in [6.45, 7) is 0. The first-order valence-corrected chi connectivity index (χ1v) is 8.11. The molecule has 19 heavy (non-hydrogen) atoms. The van der Waals surface area contributed by atoms with Gasteiger partial charge in [-0.2, -0.15) is 0 Å². The van der Waals surface area contributed by atoms with Crippen LogP contribution in [-0.4, -0.2) is 12.1 Å². The van der Waals surface area contributed by atoms with Crippen LogP contribution in [0.5, 0.6) is 0 Å². The lowest BCUT2D eigenvalue weighted by Crippen LogP contribution is -2.13. The molecule has 2 nitrogen and oxygen atoms in total. The van der Waals surface area contributed by atoms with Gasteiger partial charge in [-0.3, -0.25) is 5.41 Å². The van der Waals surface area contributed by atoms with Crippen LogP contribution in [0.3, 0.4) is 0 Å². The lowest BCUT2D eigenvalue weighted by molar-refractivity contribution is 1.24. The van der Waals surface area contributed by atoms with Gasteiger partial charge in [0.1, 0.15) is 5.84 Å². The number of thioether (sulfide) groups is 2. The molecule has 0 bridgehead atoms. The van der Waals surface area contributed by atoms with E-state index in [1.54, 1.807) is 23.5 Å². The second kappa shape index (κ2) is 6.68. The normalized spacial score (nSPS) is 10.4. The smallest absolute Gasteiger partial charge is 0.125 e. The van der Waals surface area contributed by atoms with Gasteiger partial charge in [-0.1, -0.05) is 36.4 Å². The van der Waals surface area contributed by atoms with E-state index in [0.717, 1.165) is 21.1 Å². The summed E-state index contributed by atoms with van der Waals surface area (Å²) < 4.78 is 0. The van der Waals surface area contributed by atoms with Crippen LogP contribution in [0.15, 0.2) is 58.3 Å². The van der Waals surface area contributed by atoms with Crippen molar-refractivity contribution >= 4 is 29.4 Å². The summed E-state index contributed by atoms with van der Waals surface area (Å²) in [6, 6.07) is 16.4. The molecule has 0 radical (unpaired) electrons. The second-order valence-corrected chi connectivity index (χ2v) is 5.89. The molecule has 98 valence electrons. The highest BCUT2D eigenvalue weighted by Gasteiger charge is 2.11. The Morgan fingerprint density at radius 3 is 2.37 bits per heavy atom. The maximum atomic E-state index is 7.75. The molecule has 0 fully saturated rings. The topological polar surface area (TPSA) is 49.9 Å². The molecule has 0 spiro atoms.